The molecule has 1 unspecified atom stereocenters. The molecule has 242 valence electrons. The number of nitrogens with zero attached hydrogens (tertiary/aromatic N) is 2. The summed E-state index contributed by atoms with van der Waals surface area (Å²) in [5.74, 6) is 0.270. The molecule has 9 heteroatoms. The van der Waals surface area contributed by atoms with Crippen LogP contribution in [0, 0.1) is 0 Å². The van der Waals surface area contributed by atoms with E-state index in [9.17, 15) is 9.59 Å². The van der Waals surface area contributed by atoms with Crippen LogP contribution in [0.3, 0.4) is 0 Å². The monoisotopic (exact) mass is 668 g/mol. The number of ether oxygens (including phenoxy) is 2. The summed E-state index contributed by atoms with van der Waals surface area (Å²) in [6.45, 7) is 5.76. The van der Waals surface area contributed by atoms with Crippen LogP contribution in [0.25, 0.3) is 11.0 Å². The molecule has 47 heavy (non-hydrogen) atoms. The highest BCUT2D eigenvalue weighted by atomic mass is 35.5. The van der Waals surface area contributed by atoms with Gasteiger partial charge in [0.15, 0.2) is 0 Å². The first-order valence-corrected chi connectivity index (χ1v) is 16.8. The average Bonchev–Trinajstić information content (AvgIpc) is 3.48. The van der Waals surface area contributed by atoms with Gasteiger partial charge in [-0.25, -0.2) is 9.59 Å². The van der Waals surface area contributed by atoms with E-state index >= 15 is 0 Å². The van der Waals surface area contributed by atoms with Gasteiger partial charge in [-0.3, -0.25) is 0 Å². The van der Waals surface area contributed by atoms with E-state index in [2.05, 4.69) is 60.3 Å². The van der Waals surface area contributed by atoms with Gasteiger partial charge >= 0.3 is 11.6 Å². The fourth-order valence-electron chi connectivity index (χ4n) is 5.72. The molecule has 1 atom stereocenters. The van der Waals surface area contributed by atoms with Crippen molar-refractivity contribution in [3.05, 3.63) is 124 Å². The zero-order valence-electron chi connectivity index (χ0n) is 26.9. The van der Waals surface area contributed by atoms with Gasteiger partial charge in [-0.2, -0.15) is 0 Å². The highest BCUT2D eigenvalue weighted by Crippen LogP contribution is 2.48. The summed E-state index contributed by atoms with van der Waals surface area (Å²) >= 11 is 8.03. The second-order valence-electron chi connectivity index (χ2n) is 12.4. The normalized spacial score (nSPS) is 14.9. The van der Waals surface area contributed by atoms with Crippen molar-refractivity contribution < 1.29 is 18.7 Å². The molecule has 0 spiro atoms. The van der Waals surface area contributed by atoms with Crippen molar-refractivity contribution in [3.63, 3.8) is 0 Å². The van der Waals surface area contributed by atoms with Crippen molar-refractivity contribution in [1.29, 1.82) is 0 Å². The zero-order chi connectivity index (χ0) is 33.1. The summed E-state index contributed by atoms with van der Waals surface area (Å²) in [5, 5.41) is 1.64. The van der Waals surface area contributed by atoms with Gasteiger partial charge in [-0.05, 0) is 101 Å². The second-order valence-corrected chi connectivity index (χ2v) is 13.9. The number of halogens is 1. The van der Waals surface area contributed by atoms with Crippen molar-refractivity contribution in [3.8, 4) is 5.75 Å². The molecule has 0 aliphatic carbocycles. The Morgan fingerprint density at radius 3 is 2.49 bits per heavy atom. The van der Waals surface area contributed by atoms with Gasteiger partial charge in [0, 0.05) is 45.3 Å². The van der Waals surface area contributed by atoms with Crippen LogP contribution < -0.4 is 15.3 Å². The van der Waals surface area contributed by atoms with Gasteiger partial charge in [-0.15, -0.1) is 0 Å². The minimum Gasteiger partial charge on any atom is -0.485 e. The molecule has 7 rings (SSSR count). The minimum atomic E-state index is -0.820. The van der Waals surface area contributed by atoms with Crippen LogP contribution in [-0.2, 0) is 11.2 Å². The number of esters is 1. The number of rotatable bonds is 7. The molecule has 0 saturated heterocycles. The van der Waals surface area contributed by atoms with E-state index in [0.29, 0.717) is 23.3 Å². The van der Waals surface area contributed by atoms with Gasteiger partial charge in [0.05, 0.1) is 16.9 Å². The highest BCUT2D eigenvalue weighted by Gasteiger charge is 2.40. The topological polar surface area (TPSA) is 72.2 Å². The van der Waals surface area contributed by atoms with Crippen LogP contribution in [0.15, 0.2) is 116 Å². The zero-order valence-corrected chi connectivity index (χ0v) is 28.4. The largest absolute Gasteiger partial charge is 0.485 e. The SMILES string of the molecule is CC(C)(OC(=O)c1ccccc1)C1Cc2cc3ccc(=O)oc3cc2O1.CN(C)CCCN1c2ccccc2Sc2ccc(Cl)cc21. The number of anilines is 2. The lowest BCUT2D eigenvalue weighted by Gasteiger charge is -2.33. The second kappa shape index (κ2) is 13.9. The van der Waals surface area contributed by atoms with Gasteiger partial charge in [0.1, 0.15) is 23.0 Å². The number of carbonyl (C=O) groups is 1. The van der Waals surface area contributed by atoms with Gasteiger partial charge in [0.25, 0.3) is 0 Å². The minimum absolute atomic E-state index is 0.325. The molecule has 1 aromatic heterocycles. The third kappa shape index (κ3) is 7.51. The number of para-hydroxylation sites is 1. The Balaban J connectivity index is 0.000000168. The van der Waals surface area contributed by atoms with E-state index in [-0.39, 0.29) is 12.1 Å². The van der Waals surface area contributed by atoms with Crippen molar-refractivity contribution in [2.45, 2.75) is 48.2 Å². The van der Waals surface area contributed by atoms with Crippen LogP contribution in [-0.4, -0.2) is 49.8 Å². The third-order valence-corrected chi connectivity index (χ3v) is 9.56. The van der Waals surface area contributed by atoms with Gasteiger partial charge in [0.2, 0.25) is 0 Å². The first-order valence-electron chi connectivity index (χ1n) is 15.6. The molecule has 4 aromatic carbocycles. The average molecular weight is 669 g/mol. The highest BCUT2D eigenvalue weighted by molar-refractivity contribution is 7.99. The lowest BCUT2D eigenvalue weighted by atomic mass is 9.96. The number of hydrogen-bond donors (Lipinski definition) is 0. The van der Waals surface area contributed by atoms with E-state index in [0.717, 1.165) is 35.5 Å². The quantitative estimate of drug-likeness (QED) is 0.126. The van der Waals surface area contributed by atoms with Crippen LogP contribution in [0.2, 0.25) is 5.02 Å². The Kier molecular flexibility index (Phi) is 9.64. The fraction of sp³-hybridized carbons (Fsp3) is 0.263. The Morgan fingerprint density at radius 1 is 0.957 bits per heavy atom. The fourth-order valence-corrected chi connectivity index (χ4v) is 6.96. The molecule has 0 N–H and O–H groups in total. The maximum atomic E-state index is 12.4. The molecule has 7 nitrogen and oxygen atoms in total. The summed E-state index contributed by atoms with van der Waals surface area (Å²) in [6.07, 6.45) is 1.41. The number of benzene rings is 4. The van der Waals surface area contributed by atoms with E-state index in [1.165, 1.54) is 27.2 Å². The molecule has 2 aliphatic heterocycles. The van der Waals surface area contributed by atoms with Crippen LogP contribution in [0.5, 0.6) is 5.75 Å². The van der Waals surface area contributed by atoms with Gasteiger partial charge in [-0.1, -0.05) is 53.7 Å². The smallest absolute Gasteiger partial charge is 0.338 e. The van der Waals surface area contributed by atoms with E-state index in [1.807, 2.05) is 43.8 Å². The predicted molar refractivity (Wildman–Crippen MR) is 189 cm³/mol. The molecule has 5 aromatic rings. The maximum Gasteiger partial charge on any atom is 0.338 e. The standard InChI is InChI=1S/C21H18O5.C17H19ClN2S/c1-21(2,26-20(23)13-6-4-3-5-7-13)18-11-15-10-14-8-9-19(22)25-16(14)12-17(15)24-18;1-19(2)10-5-11-20-14-6-3-4-7-16(14)21-17-9-8-13(18)12-15(17)20/h3-10,12,18H,11H2,1-2H3;3-4,6-9,12H,5,10-11H2,1-2H3. The molecule has 3 heterocycles. The Hall–Kier alpha value is -4.24. The molecule has 0 radical (unpaired) electrons. The lowest BCUT2D eigenvalue weighted by Crippen LogP contribution is -2.43. The first-order chi connectivity index (χ1) is 22.6. The molecule has 0 amide bonds. The molecule has 0 saturated carbocycles. The van der Waals surface area contributed by atoms with E-state index in [1.54, 1.807) is 36.4 Å². The van der Waals surface area contributed by atoms with Crippen LogP contribution >= 0.6 is 23.4 Å². The van der Waals surface area contributed by atoms with Crippen molar-refractivity contribution >= 4 is 51.7 Å². The maximum absolute atomic E-state index is 12.4. The summed E-state index contributed by atoms with van der Waals surface area (Å²) in [6, 6.07) is 30.4. The molecule has 0 bridgehead atoms. The van der Waals surface area contributed by atoms with Crippen molar-refractivity contribution in [1.82, 2.24) is 4.90 Å². The first kappa shape index (κ1) is 32.7. The molecular weight excluding hydrogens is 632 g/mol. The van der Waals surface area contributed by atoms with Crippen LogP contribution in [0.1, 0.15) is 36.2 Å². The summed E-state index contributed by atoms with van der Waals surface area (Å²) in [4.78, 5) is 31.0. The van der Waals surface area contributed by atoms with Crippen LogP contribution in [0.4, 0.5) is 11.4 Å². The number of fused-ring (bicyclic) bond motifs is 4. The van der Waals surface area contributed by atoms with Crippen molar-refractivity contribution in [2.24, 2.45) is 0 Å². The molecular formula is C38H37ClN2O5S. The Labute approximate surface area is 284 Å². The third-order valence-electron chi connectivity index (χ3n) is 8.19. The Morgan fingerprint density at radius 2 is 1.70 bits per heavy atom. The molecule has 2 aliphatic rings. The molecule has 0 fully saturated rings. The predicted octanol–water partition coefficient (Wildman–Crippen LogP) is 8.63. The van der Waals surface area contributed by atoms with E-state index in [4.69, 9.17) is 25.5 Å². The summed E-state index contributed by atoms with van der Waals surface area (Å²) in [5.41, 5.74) is 3.28. The van der Waals surface area contributed by atoms with E-state index < -0.39 is 11.2 Å². The lowest BCUT2D eigenvalue weighted by molar-refractivity contribution is -0.0517. The summed E-state index contributed by atoms with van der Waals surface area (Å²) < 4.78 is 16.9. The Bertz CT molecular complexity index is 1960. The number of hydrogen-bond acceptors (Lipinski definition) is 8. The summed E-state index contributed by atoms with van der Waals surface area (Å²) in [7, 11) is 4.23. The van der Waals surface area contributed by atoms with Gasteiger partial charge < -0.3 is 23.7 Å². The van der Waals surface area contributed by atoms with Crippen molar-refractivity contribution in [2.75, 3.05) is 32.1 Å². The number of carbonyl (C=O) groups excluding carboxylic acids is 1.